The lowest BCUT2D eigenvalue weighted by Crippen LogP contribution is -2.35. The third-order valence-corrected chi connectivity index (χ3v) is 4.84. The highest BCUT2D eigenvalue weighted by Gasteiger charge is 2.47. The Morgan fingerprint density at radius 1 is 1.33 bits per heavy atom. The molecule has 100 valence electrons. The molecule has 2 fully saturated rings. The quantitative estimate of drug-likeness (QED) is 0.867. The van der Waals surface area contributed by atoms with Gasteiger partial charge in [-0.05, 0) is 64.0 Å². The Morgan fingerprint density at radius 3 is 2.61 bits per heavy atom. The Balaban J connectivity index is 1.61. The second-order valence-electron chi connectivity index (χ2n) is 6.47. The molecule has 1 N–H and O–H groups in total. The zero-order valence-electron chi connectivity index (χ0n) is 11.8. The van der Waals surface area contributed by atoms with E-state index in [1.165, 1.54) is 25.0 Å². The summed E-state index contributed by atoms with van der Waals surface area (Å²) in [5.41, 5.74) is 1.24. The van der Waals surface area contributed by atoms with Crippen LogP contribution in [-0.2, 0) is 6.42 Å². The smallest absolute Gasteiger partial charge is 0.0640 e. The van der Waals surface area contributed by atoms with Gasteiger partial charge in [-0.2, -0.15) is 5.10 Å². The molecule has 2 aliphatic rings. The first kappa shape index (κ1) is 12.2. The van der Waals surface area contributed by atoms with Gasteiger partial charge in [-0.1, -0.05) is 0 Å². The summed E-state index contributed by atoms with van der Waals surface area (Å²) < 4.78 is 2.06. The van der Waals surface area contributed by atoms with Gasteiger partial charge in [0.05, 0.1) is 5.69 Å². The van der Waals surface area contributed by atoms with Crippen LogP contribution in [0.15, 0.2) is 12.3 Å². The summed E-state index contributed by atoms with van der Waals surface area (Å²) in [6.45, 7) is 4.35. The molecule has 3 unspecified atom stereocenters. The molecule has 0 amide bonds. The molecule has 3 atom stereocenters. The molecular weight excluding hydrogens is 222 g/mol. The Hall–Kier alpha value is -0.830. The average Bonchev–Trinajstić information content (AvgIpc) is 2.81. The van der Waals surface area contributed by atoms with Crippen LogP contribution in [0, 0.1) is 17.8 Å². The van der Waals surface area contributed by atoms with Gasteiger partial charge in [-0.15, -0.1) is 0 Å². The van der Waals surface area contributed by atoms with Gasteiger partial charge in [0.25, 0.3) is 0 Å². The maximum absolute atomic E-state index is 4.68. The molecule has 0 aromatic carbocycles. The van der Waals surface area contributed by atoms with Crippen molar-refractivity contribution >= 4 is 0 Å². The summed E-state index contributed by atoms with van der Waals surface area (Å²) in [7, 11) is 2.11. The van der Waals surface area contributed by atoms with E-state index in [1.807, 2.05) is 0 Å². The standard InChI is InChI=1S/C15H25N3/c1-10(2)18-5-4-14(17-18)9-15(16-3)13-7-11-6-12(11)8-13/h4-5,10-13,15-16H,6-9H2,1-3H3. The van der Waals surface area contributed by atoms with E-state index < -0.39 is 0 Å². The summed E-state index contributed by atoms with van der Waals surface area (Å²) >= 11 is 0. The normalized spacial score (nSPS) is 31.7. The third-order valence-electron chi connectivity index (χ3n) is 4.84. The Morgan fingerprint density at radius 2 is 2.06 bits per heavy atom. The average molecular weight is 247 g/mol. The molecule has 0 radical (unpaired) electrons. The number of fused-ring (bicyclic) bond motifs is 1. The minimum atomic E-state index is 0.464. The minimum Gasteiger partial charge on any atom is -0.316 e. The van der Waals surface area contributed by atoms with Crippen molar-refractivity contribution in [2.24, 2.45) is 17.8 Å². The first-order valence-electron chi connectivity index (χ1n) is 7.38. The van der Waals surface area contributed by atoms with Crippen LogP contribution in [0.2, 0.25) is 0 Å². The second kappa shape index (κ2) is 4.69. The molecule has 3 rings (SSSR count). The molecular formula is C15H25N3. The maximum atomic E-state index is 4.68. The van der Waals surface area contributed by atoms with E-state index in [0.29, 0.717) is 12.1 Å². The predicted molar refractivity (Wildman–Crippen MR) is 73.5 cm³/mol. The molecule has 1 aromatic heterocycles. The van der Waals surface area contributed by atoms with Crippen molar-refractivity contribution in [3.05, 3.63) is 18.0 Å². The van der Waals surface area contributed by atoms with Crippen molar-refractivity contribution in [2.45, 2.75) is 51.6 Å². The van der Waals surface area contributed by atoms with E-state index in [4.69, 9.17) is 0 Å². The van der Waals surface area contributed by atoms with E-state index in [-0.39, 0.29) is 0 Å². The molecule has 18 heavy (non-hydrogen) atoms. The van der Waals surface area contributed by atoms with Crippen molar-refractivity contribution in [2.75, 3.05) is 7.05 Å². The topological polar surface area (TPSA) is 29.9 Å². The number of nitrogens with zero attached hydrogens (tertiary/aromatic N) is 2. The molecule has 0 spiro atoms. The van der Waals surface area contributed by atoms with Gasteiger partial charge in [0.1, 0.15) is 0 Å². The van der Waals surface area contributed by atoms with E-state index in [2.05, 4.69) is 48.3 Å². The van der Waals surface area contributed by atoms with Crippen LogP contribution in [0.1, 0.15) is 44.8 Å². The first-order valence-corrected chi connectivity index (χ1v) is 7.38. The van der Waals surface area contributed by atoms with Gasteiger partial charge in [-0.3, -0.25) is 4.68 Å². The lowest BCUT2D eigenvalue weighted by Gasteiger charge is -2.23. The van der Waals surface area contributed by atoms with Crippen LogP contribution in [0.3, 0.4) is 0 Å². The van der Waals surface area contributed by atoms with Gasteiger partial charge in [0.2, 0.25) is 0 Å². The summed E-state index contributed by atoms with van der Waals surface area (Å²) in [6.07, 6.45) is 7.59. The molecule has 0 bridgehead atoms. The molecule has 2 saturated carbocycles. The van der Waals surface area contributed by atoms with Crippen molar-refractivity contribution in [3.8, 4) is 0 Å². The summed E-state index contributed by atoms with van der Waals surface area (Å²) in [6, 6.07) is 3.26. The summed E-state index contributed by atoms with van der Waals surface area (Å²) in [5, 5.41) is 8.20. The zero-order valence-corrected chi connectivity index (χ0v) is 11.8. The molecule has 1 aromatic rings. The third kappa shape index (κ3) is 2.33. The highest BCUT2D eigenvalue weighted by molar-refractivity contribution is 5.06. The molecule has 3 nitrogen and oxygen atoms in total. The van der Waals surface area contributed by atoms with Crippen LogP contribution in [-0.4, -0.2) is 22.9 Å². The van der Waals surface area contributed by atoms with Crippen LogP contribution < -0.4 is 5.32 Å². The van der Waals surface area contributed by atoms with Crippen LogP contribution in [0.4, 0.5) is 0 Å². The maximum Gasteiger partial charge on any atom is 0.0640 e. The summed E-state index contributed by atoms with van der Waals surface area (Å²) in [5.74, 6) is 3.01. The van der Waals surface area contributed by atoms with Gasteiger partial charge in [0.15, 0.2) is 0 Å². The van der Waals surface area contributed by atoms with Crippen molar-refractivity contribution in [3.63, 3.8) is 0 Å². The Kier molecular flexibility index (Phi) is 3.18. The fourth-order valence-electron chi connectivity index (χ4n) is 3.59. The molecule has 2 aliphatic carbocycles. The molecule has 0 saturated heterocycles. The monoisotopic (exact) mass is 247 g/mol. The molecule has 1 heterocycles. The largest absolute Gasteiger partial charge is 0.316 e. The van der Waals surface area contributed by atoms with E-state index >= 15 is 0 Å². The second-order valence-corrected chi connectivity index (χ2v) is 6.47. The minimum absolute atomic E-state index is 0.464. The number of nitrogens with one attached hydrogen (secondary N) is 1. The number of aromatic nitrogens is 2. The van der Waals surface area contributed by atoms with Gasteiger partial charge < -0.3 is 5.32 Å². The number of hydrogen-bond donors (Lipinski definition) is 1. The lowest BCUT2D eigenvalue weighted by atomic mass is 9.91. The SMILES string of the molecule is CNC(Cc1ccn(C(C)C)n1)C1CC2CC2C1. The van der Waals surface area contributed by atoms with Crippen molar-refractivity contribution in [1.82, 2.24) is 15.1 Å². The van der Waals surface area contributed by atoms with Crippen molar-refractivity contribution in [1.29, 1.82) is 0 Å². The fourth-order valence-corrected chi connectivity index (χ4v) is 3.59. The zero-order chi connectivity index (χ0) is 12.7. The Bertz CT molecular complexity index is 400. The van der Waals surface area contributed by atoms with Gasteiger partial charge >= 0.3 is 0 Å². The first-order chi connectivity index (χ1) is 8.67. The summed E-state index contributed by atoms with van der Waals surface area (Å²) in [4.78, 5) is 0. The highest BCUT2D eigenvalue weighted by Crippen LogP contribution is 2.55. The fraction of sp³-hybridized carbons (Fsp3) is 0.800. The van der Waals surface area contributed by atoms with E-state index in [9.17, 15) is 0 Å². The number of rotatable bonds is 5. The van der Waals surface area contributed by atoms with E-state index in [1.54, 1.807) is 0 Å². The van der Waals surface area contributed by atoms with Gasteiger partial charge in [-0.25, -0.2) is 0 Å². The van der Waals surface area contributed by atoms with Crippen LogP contribution >= 0.6 is 0 Å². The number of likely N-dealkylation sites (N-methyl/N-ethyl adjacent to an activating group) is 1. The number of hydrogen-bond acceptors (Lipinski definition) is 2. The van der Waals surface area contributed by atoms with E-state index in [0.717, 1.165) is 24.2 Å². The molecule has 3 heteroatoms. The Labute approximate surface area is 110 Å². The molecule has 0 aliphatic heterocycles. The highest BCUT2D eigenvalue weighted by atomic mass is 15.3. The van der Waals surface area contributed by atoms with Crippen LogP contribution in [0.5, 0.6) is 0 Å². The van der Waals surface area contributed by atoms with Gasteiger partial charge in [0, 0.05) is 24.7 Å². The van der Waals surface area contributed by atoms with Crippen LogP contribution in [0.25, 0.3) is 0 Å². The lowest BCUT2D eigenvalue weighted by molar-refractivity contribution is 0.346. The van der Waals surface area contributed by atoms with Crippen molar-refractivity contribution < 1.29 is 0 Å². The predicted octanol–water partition coefficient (Wildman–Crippen LogP) is 2.64.